The van der Waals surface area contributed by atoms with Gasteiger partial charge in [0.15, 0.2) is 0 Å². The summed E-state index contributed by atoms with van der Waals surface area (Å²) in [5.41, 5.74) is 2.08. The van der Waals surface area contributed by atoms with Crippen LogP contribution in [0.3, 0.4) is 0 Å². The first-order chi connectivity index (χ1) is 15.7. The zero-order valence-corrected chi connectivity index (χ0v) is 17.9. The summed E-state index contributed by atoms with van der Waals surface area (Å²) in [6.45, 7) is 1.73. The van der Waals surface area contributed by atoms with E-state index in [9.17, 15) is 9.59 Å². The van der Waals surface area contributed by atoms with Crippen molar-refractivity contribution in [1.82, 2.24) is 4.90 Å². The standard InChI is InChI=1S/C26H27N3O3/c30-25(28-21-12-14-24(15-13-21)32-23-10-3-1-4-11-23)19-27-22-9-7-8-20(18-22)26(31)29-16-5-2-6-17-29/h1,3-4,7-15,18,27H,2,5-6,16-17,19H2,(H,28,30). The first kappa shape index (κ1) is 21.4. The van der Waals surface area contributed by atoms with Gasteiger partial charge in [-0.05, 0) is 73.9 Å². The van der Waals surface area contributed by atoms with Gasteiger partial charge in [0.05, 0.1) is 6.54 Å². The summed E-state index contributed by atoms with van der Waals surface area (Å²) in [6, 6.07) is 24.1. The van der Waals surface area contributed by atoms with Crippen molar-refractivity contribution in [1.29, 1.82) is 0 Å². The Hall–Kier alpha value is -3.80. The van der Waals surface area contributed by atoms with Crippen LogP contribution in [0.15, 0.2) is 78.9 Å². The smallest absolute Gasteiger partial charge is 0.253 e. The van der Waals surface area contributed by atoms with Crippen LogP contribution in [-0.2, 0) is 4.79 Å². The van der Waals surface area contributed by atoms with Crippen LogP contribution in [0.25, 0.3) is 0 Å². The molecular formula is C26H27N3O3. The van der Waals surface area contributed by atoms with E-state index in [2.05, 4.69) is 10.6 Å². The molecule has 3 aromatic rings. The minimum atomic E-state index is -0.172. The maximum absolute atomic E-state index is 12.7. The third-order valence-electron chi connectivity index (χ3n) is 5.32. The fourth-order valence-corrected chi connectivity index (χ4v) is 3.66. The Bertz CT molecular complexity index is 1050. The average molecular weight is 430 g/mol. The predicted molar refractivity (Wildman–Crippen MR) is 126 cm³/mol. The number of nitrogens with zero attached hydrogens (tertiary/aromatic N) is 1. The number of nitrogens with one attached hydrogen (secondary N) is 2. The van der Waals surface area contributed by atoms with E-state index >= 15 is 0 Å². The van der Waals surface area contributed by atoms with E-state index in [0.717, 1.165) is 37.4 Å². The van der Waals surface area contributed by atoms with Gasteiger partial charge < -0.3 is 20.3 Å². The normalized spacial score (nSPS) is 13.3. The van der Waals surface area contributed by atoms with Crippen molar-refractivity contribution in [3.63, 3.8) is 0 Å². The molecule has 0 radical (unpaired) electrons. The van der Waals surface area contributed by atoms with E-state index in [1.807, 2.05) is 65.6 Å². The third-order valence-corrected chi connectivity index (χ3v) is 5.32. The van der Waals surface area contributed by atoms with Gasteiger partial charge in [0, 0.05) is 30.0 Å². The second kappa shape index (κ2) is 10.5. The summed E-state index contributed by atoms with van der Waals surface area (Å²) in [6.07, 6.45) is 3.30. The van der Waals surface area contributed by atoms with Crippen molar-refractivity contribution < 1.29 is 14.3 Å². The average Bonchev–Trinajstić information content (AvgIpc) is 2.85. The van der Waals surface area contributed by atoms with E-state index in [1.165, 1.54) is 6.42 Å². The van der Waals surface area contributed by atoms with Crippen LogP contribution in [0.4, 0.5) is 11.4 Å². The van der Waals surface area contributed by atoms with Crippen LogP contribution in [0.5, 0.6) is 11.5 Å². The second-order valence-corrected chi connectivity index (χ2v) is 7.77. The van der Waals surface area contributed by atoms with Gasteiger partial charge in [-0.25, -0.2) is 0 Å². The lowest BCUT2D eigenvalue weighted by Crippen LogP contribution is -2.35. The van der Waals surface area contributed by atoms with E-state index < -0.39 is 0 Å². The SMILES string of the molecule is O=C(CNc1cccc(C(=O)N2CCCCC2)c1)Nc1ccc(Oc2ccccc2)cc1. The molecule has 1 fully saturated rings. The van der Waals surface area contributed by atoms with Gasteiger partial charge >= 0.3 is 0 Å². The number of carbonyl (C=O) groups is 2. The number of para-hydroxylation sites is 1. The second-order valence-electron chi connectivity index (χ2n) is 7.77. The molecule has 32 heavy (non-hydrogen) atoms. The van der Waals surface area contributed by atoms with Crippen LogP contribution in [0.2, 0.25) is 0 Å². The Labute approximate surface area is 188 Å². The summed E-state index contributed by atoms with van der Waals surface area (Å²) in [7, 11) is 0. The number of hydrogen-bond acceptors (Lipinski definition) is 4. The number of piperidine rings is 1. The highest BCUT2D eigenvalue weighted by molar-refractivity contribution is 5.96. The van der Waals surface area contributed by atoms with Gasteiger partial charge in [0.25, 0.3) is 5.91 Å². The molecule has 0 atom stereocenters. The predicted octanol–water partition coefficient (Wildman–Crippen LogP) is 5.16. The van der Waals surface area contributed by atoms with Crippen molar-refractivity contribution in [3.8, 4) is 11.5 Å². The molecule has 0 bridgehead atoms. The molecule has 1 heterocycles. The lowest BCUT2D eigenvalue weighted by molar-refractivity contribution is -0.114. The molecular weight excluding hydrogens is 402 g/mol. The fraction of sp³-hybridized carbons (Fsp3) is 0.231. The molecule has 0 saturated carbocycles. The lowest BCUT2D eigenvalue weighted by Gasteiger charge is -2.26. The molecule has 164 valence electrons. The molecule has 0 aromatic heterocycles. The van der Waals surface area contributed by atoms with Gasteiger partial charge in [-0.1, -0.05) is 24.3 Å². The van der Waals surface area contributed by atoms with Gasteiger partial charge in [-0.15, -0.1) is 0 Å². The quantitative estimate of drug-likeness (QED) is 0.545. The van der Waals surface area contributed by atoms with Crippen molar-refractivity contribution in [3.05, 3.63) is 84.4 Å². The highest BCUT2D eigenvalue weighted by Crippen LogP contribution is 2.22. The Kier molecular flexibility index (Phi) is 7.02. The lowest BCUT2D eigenvalue weighted by atomic mass is 10.1. The topological polar surface area (TPSA) is 70.7 Å². The van der Waals surface area contributed by atoms with Crippen LogP contribution in [-0.4, -0.2) is 36.3 Å². The van der Waals surface area contributed by atoms with Crippen LogP contribution in [0, 0.1) is 0 Å². The molecule has 1 saturated heterocycles. The Morgan fingerprint density at radius 3 is 2.25 bits per heavy atom. The monoisotopic (exact) mass is 429 g/mol. The number of benzene rings is 3. The maximum atomic E-state index is 12.7. The van der Waals surface area contributed by atoms with Crippen LogP contribution < -0.4 is 15.4 Å². The van der Waals surface area contributed by atoms with Crippen molar-refractivity contribution >= 4 is 23.2 Å². The highest BCUT2D eigenvalue weighted by Gasteiger charge is 2.18. The molecule has 0 spiro atoms. The summed E-state index contributed by atoms with van der Waals surface area (Å²) < 4.78 is 5.76. The zero-order chi connectivity index (χ0) is 22.2. The Morgan fingerprint density at radius 1 is 0.781 bits per heavy atom. The maximum Gasteiger partial charge on any atom is 0.253 e. The third kappa shape index (κ3) is 5.88. The van der Waals surface area contributed by atoms with Gasteiger partial charge in [0.2, 0.25) is 5.91 Å². The van der Waals surface area contributed by atoms with Gasteiger partial charge in [0.1, 0.15) is 11.5 Å². The first-order valence-electron chi connectivity index (χ1n) is 10.9. The fourth-order valence-electron chi connectivity index (χ4n) is 3.66. The first-order valence-corrected chi connectivity index (χ1v) is 10.9. The molecule has 1 aliphatic heterocycles. The van der Waals surface area contributed by atoms with Crippen LogP contribution in [0.1, 0.15) is 29.6 Å². The molecule has 2 N–H and O–H groups in total. The number of anilines is 2. The largest absolute Gasteiger partial charge is 0.457 e. The molecule has 6 heteroatoms. The highest BCUT2D eigenvalue weighted by atomic mass is 16.5. The molecule has 2 amide bonds. The Balaban J connectivity index is 1.28. The number of ether oxygens (including phenoxy) is 1. The van der Waals surface area contributed by atoms with Crippen molar-refractivity contribution in [2.45, 2.75) is 19.3 Å². The van der Waals surface area contributed by atoms with Gasteiger partial charge in [-0.3, -0.25) is 9.59 Å². The number of carbonyl (C=O) groups excluding carboxylic acids is 2. The summed E-state index contributed by atoms with van der Waals surface area (Å²) in [5, 5.41) is 5.96. The van der Waals surface area contributed by atoms with Crippen molar-refractivity contribution in [2.75, 3.05) is 30.3 Å². The minimum absolute atomic E-state index is 0.0515. The summed E-state index contributed by atoms with van der Waals surface area (Å²) >= 11 is 0. The molecule has 6 nitrogen and oxygen atoms in total. The van der Waals surface area contributed by atoms with E-state index in [-0.39, 0.29) is 18.4 Å². The van der Waals surface area contributed by atoms with Crippen molar-refractivity contribution in [2.24, 2.45) is 0 Å². The molecule has 0 unspecified atom stereocenters. The van der Waals surface area contributed by atoms with Gasteiger partial charge in [-0.2, -0.15) is 0 Å². The summed E-state index contributed by atoms with van der Waals surface area (Å²) in [5.74, 6) is 1.34. The molecule has 1 aliphatic rings. The zero-order valence-electron chi connectivity index (χ0n) is 17.9. The van der Waals surface area contributed by atoms with E-state index in [4.69, 9.17) is 4.74 Å². The molecule has 0 aliphatic carbocycles. The number of likely N-dealkylation sites (tertiary alicyclic amines) is 1. The number of amides is 2. The molecule has 3 aromatic carbocycles. The molecule has 4 rings (SSSR count). The van der Waals surface area contributed by atoms with Crippen LogP contribution >= 0.6 is 0 Å². The summed E-state index contributed by atoms with van der Waals surface area (Å²) in [4.78, 5) is 26.9. The number of hydrogen-bond donors (Lipinski definition) is 2. The number of rotatable bonds is 7. The Morgan fingerprint density at radius 2 is 1.50 bits per heavy atom. The minimum Gasteiger partial charge on any atom is -0.457 e. The van der Waals surface area contributed by atoms with E-state index in [0.29, 0.717) is 17.0 Å². The van der Waals surface area contributed by atoms with E-state index in [1.54, 1.807) is 18.2 Å².